The van der Waals surface area contributed by atoms with Crippen molar-refractivity contribution in [3.8, 4) is 6.07 Å². The van der Waals surface area contributed by atoms with Crippen molar-refractivity contribution in [1.82, 2.24) is 0 Å². The molecule has 0 saturated heterocycles. The number of hydrogen-bond acceptors (Lipinski definition) is 2. The second-order valence-corrected chi connectivity index (χ2v) is 4.82. The van der Waals surface area contributed by atoms with Crippen LogP contribution in [0, 0.1) is 11.3 Å². The second kappa shape index (κ2) is 5.13. The molecule has 1 saturated carbocycles. The largest absolute Gasteiger partial charge is 0.416 e. The normalized spacial score (nSPS) is 15.7. The first kappa shape index (κ1) is 15.5. The maximum absolute atomic E-state index is 12.6. The van der Waals surface area contributed by atoms with E-state index in [-0.39, 0.29) is 11.7 Å². The van der Waals surface area contributed by atoms with E-state index in [0.29, 0.717) is 25.0 Å². The predicted octanol–water partition coefficient (Wildman–Crippen LogP) is 4.11. The van der Waals surface area contributed by atoms with E-state index in [1.807, 2.05) is 0 Å². The van der Waals surface area contributed by atoms with E-state index in [2.05, 4.69) is 0 Å². The van der Waals surface area contributed by atoms with Gasteiger partial charge in [-0.05, 0) is 31.0 Å². The first-order chi connectivity index (χ1) is 9.62. The average Bonchev–Trinajstić information content (AvgIpc) is 3.17. The Morgan fingerprint density at radius 2 is 1.76 bits per heavy atom. The van der Waals surface area contributed by atoms with E-state index >= 15 is 0 Å². The Hall–Kier alpha value is -1.91. The van der Waals surface area contributed by atoms with Gasteiger partial charge in [-0.1, -0.05) is 0 Å². The lowest BCUT2D eigenvalue weighted by molar-refractivity contribution is -0.137. The van der Waals surface area contributed by atoms with Gasteiger partial charge in [0.25, 0.3) is 0 Å². The molecule has 1 aromatic carbocycles. The van der Waals surface area contributed by atoms with Crippen LogP contribution in [0.5, 0.6) is 0 Å². The van der Waals surface area contributed by atoms with E-state index in [9.17, 15) is 26.3 Å². The molecule has 0 atom stereocenters. The Balaban J connectivity index is 2.39. The van der Waals surface area contributed by atoms with Crippen LogP contribution in [0.15, 0.2) is 18.2 Å². The average molecular weight is 308 g/mol. The summed E-state index contributed by atoms with van der Waals surface area (Å²) in [5, 5.41) is 8.93. The SMILES string of the molecule is N#Cc1cc(C(F)(F)F)ccc1N(CC(F)(F)F)C1CC1. The molecule has 2 nitrogen and oxygen atoms in total. The fourth-order valence-electron chi connectivity index (χ4n) is 2.04. The lowest BCUT2D eigenvalue weighted by Gasteiger charge is -2.27. The highest BCUT2D eigenvalue weighted by molar-refractivity contribution is 5.62. The van der Waals surface area contributed by atoms with Crippen LogP contribution < -0.4 is 4.90 Å². The molecule has 1 aliphatic rings. The monoisotopic (exact) mass is 308 g/mol. The van der Waals surface area contributed by atoms with Gasteiger partial charge < -0.3 is 4.90 Å². The zero-order valence-corrected chi connectivity index (χ0v) is 10.6. The van der Waals surface area contributed by atoms with E-state index in [1.165, 1.54) is 0 Å². The number of nitriles is 1. The number of halogens is 6. The summed E-state index contributed by atoms with van der Waals surface area (Å²) in [5.41, 5.74) is -1.56. The van der Waals surface area contributed by atoms with Crippen molar-refractivity contribution in [3.05, 3.63) is 29.3 Å². The highest BCUT2D eigenvalue weighted by atomic mass is 19.4. The third kappa shape index (κ3) is 3.80. The Morgan fingerprint density at radius 3 is 2.19 bits per heavy atom. The molecule has 0 radical (unpaired) electrons. The highest BCUT2D eigenvalue weighted by Crippen LogP contribution is 2.38. The van der Waals surface area contributed by atoms with Crippen molar-refractivity contribution in [2.45, 2.75) is 31.2 Å². The Kier molecular flexibility index (Phi) is 3.78. The molecular weight excluding hydrogens is 298 g/mol. The minimum Gasteiger partial charge on any atom is -0.358 e. The molecule has 114 valence electrons. The van der Waals surface area contributed by atoms with Gasteiger partial charge in [-0.2, -0.15) is 31.6 Å². The van der Waals surface area contributed by atoms with Crippen LogP contribution in [0.25, 0.3) is 0 Å². The van der Waals surface area contributed by atoms with Crippen LogP contribution in [0.1, 0.15) is 24.0 Å². The molecule has 0 bridgehead atoms. The number of rotatable bonds is 3. The predicted molar refractivity (Wildman–Crippen MR) is 62.6 cm³/mol. The summed E-state index contributed by atoms with van der Waals surface area (Å²) in [6, 6.07) is 3.39. The molecule has 1 fully saturated rings. The lowest BCUT2D eigenvalue weighted by atomic mass is 10.1. The minimum absolute atomic E-state index is 0.106. The maximum Gasteiger partial charge on any atom is 0.416 e. The van der Waals surface area contributed by atoms with Crippen LogP contribution >= 0.6 is 0 Å². The molecule has 0 unspecified atom stereocenters. The summed E-state index contributed by atoms with van der Waals surface area (Å²) in [5.74, 6) is 0. The molecule has 0 aliphatic heterocycles. The van der Waals surface area contributed by atoms with Crippen molar-refractivity contribution >= 4 is 5.69 Å². The van der Waals surface area contributed by atoms with E-state index in [4.69, 9.17) is 5.26 Å². The van der Waals surface area contributed by atoms with Crippen molar-refractivity contribution < 1.29 is 26.3 Å². The molecule has 1 aliphatic carbocycles. The molecule has 0 heterocycles. The third-order valence-corrected chi connectivity index (χ3v) is 3.09. The van der Waals surface area contributed by atoms with E-state index in [1.54, 1.807) is 6.07 Å². The molecule has 0 spiro atoms. The molecule has 0 aromatic heterocycles. The summed E-state index contributed by atoms with van der Waals surface area (Å²) < 4.78 is 75.5. The van der Waals surface area contributed by atoms with Gasteiger partial charge in [0.2, 0.25) is 0 Å². The summed E-state index contributed by atoms with van der Waals surface area (Å²) >= 11 is 0. The Labute approximate surface area is 116 Å². The molecule has 21 heavy (non-hydrogen) atoms. The van der Waals surface area contributed by atoms with Gasteiger partial charge in [0.15, 0.2) is 0 Å². The van der Waals surface area contributed by atoms with Crippen LogP contribution in [0.4, 0.5) is 32.0 Å². The van der Waals surface area contributed by atoms with Crippen LogP contribution in [0.2, 0.25) is 0 Å². The second-order valence-electron chi connectivity index (χ2n) is 4.82. The fraction of sp³-hybridized carbons (Fsp3) is 0.462. The fourth-order valence-corrected chi connectivity index (χ4v) is 2.04. The summed E-state index contributed by atoms with van der Waals surface area (Å²) in [7, 11) is 0. The Bertz CT molecular complexity index is 565. The topological polar surface area (TPSA) is 27.0 Å². The first-order valence-corrected chi connectivity index (χ1v) is 6.06. The van der Waals surface area contributed by atoms with Gasteiger partial charge in [0.05, 0.1) is 16.8 Å². The third-order valence-electron chi connectivity index (χ3n) is 3.09. The molecule has 1 aromatic rings. The molecule has 0 N–H and O–H groups in total. The van der Waals surface area contributed by atoms with E-state index < -0.39 is 30.0 Å². The van der Waals surface area contributed by atoms with Crippen molar-refractivity contribution in [2.24, 2.45) is 0 Å². The standard InChI is InChI=1S/C13H10F6N2/c14-12(15,16)7-21(10-2-3-10)11-4-1-9(13(17,18)19)5-8(11)6-20/h1,4-5,10H,2-3,7H2. The van der Waals surface area contributed by atoms with Crippen LogP contribution in [-0.4, -0.2) is 18.8 Å². The van der Waals surface area contributed by atoms with Gasteiger partial charge in [0, 0.05) is 6.04 Å². The van der Waals surface area contributed by atoms with Crippen molar-refractivity contribution in [3.63, 3.8) is 0 Å². The van der Waals surface area contributed by atoms with Gasteiger partial charge in [0.1, 0.15) is 12.6 Å². The minimum atomic E-state index is -4.64. The molecule has 8 heteroatoms. The molecule has 0 amide bonds. The highest BCUT2D eigenvalue weighted by Gasteiger charge is 2.39. The zero-order chi connectivity index (χ0) is 15.8. The summed E-state index contributed by atoms with van der Waals surface area (Å²) in [6.45, 7) is -1.28. The summed E-state index contributed by atoms with van der Waals surface area (Å²) in [4.78, 5) is 0.957. The van der Waals surface area contributed by atoms with Crippen LogP contribution in [-0.2, 0) is 6.18 Å². The van der Waals surface area contributed by atoms with E-state index in [0.717, 1.165) is 11.0 Å². The number of hydrogen-bond donors (Lipinski definition) is 0. The number of nitrogens with zero attached hydrogens (tertiary/aromatic N) is 2. The van der Waals surface area contributed by atoms with Gasteiger partial charge in [-0.15, -0.1) is 0 Å². The van der Waals surface area contributed by atoms with Crippen LogP contribution in [0.3, 0.4) is 0 Å². The number of alkyl halides is 6. The zero-order valence-electron chi connectivity index (χ0n) is 10.6. The first-order valence-electron chi connectivity index (χ1n) is 6.06. The smallest absolute Gasteiger partial charge is 0.358 e. The lowest BCUT2D eigenvalue weighted by Crippen LogP contribution is -2.36. The van der Waals surface area contributed by atoms with Crippen molar-refractivity contribution in [1.29, 1.82) is 5.26 Å². The van der Waals surface area contributed by atoms with Gasteiger partial charge in [-0.3, -0.25) is 0 Å². The quantitative estimate of drug-likeness (QED) is 0.786. The van der Waals surface area contributed by atoms with Gasteiger partial charge >= 0.3 is 12.4 Å². The molecule has 2 rings (SSSR count). The molecular formula is C13H10F6N2. The number of benzene rings is 1. The van der Waals surface area contributed by atoms with Gasteiger partial charge in [-0.25, -0.2) is 0 Å². The summed E-state index contributed by atoms with van der Waals surface area (Å²) in [6.07, 6.45) is -8.07. The maximum atomic E-state index is 12.6. The number of anilines is 1. The Morgan fingerprint density at radius 1 is 1.14 bits per heavy atom. The van der Waals surface area contributed by atoms with Crippen molar-refractivity contribution in [2.75, 3.05) is 11.4 Å².